The summed E-state index contributed by atoms with van der Waals surface area (Å²) in [6, 6.07) is 0.307. The summed E-state index contributed by atoms with van der Waals surface area (Å²) < 4.78 is 0. The van der Waals surface area contributed by atoms with Crippen LogP contribution in [0.25, 0.3) is 0 Å². The molecular formula is C15H34N2. The van der Waals surface area contributed by atoms with Crippen LogP contribution in [-0.2, 0) is 0 Å². The van der Waals surface area contributed by atoms with Gasteiger partial charge in [-0.3, -0.25) is 0 Å². The largest absolute Gasteiger partial charge is 0.327 e. The molecule has 0 spiro atoms. The van der Waals surface area contributed by atoms with Crippen molar-refractivity contribution in [1.29, 1.82) is 0 Å². The lowest BCUT2D eigenvalue weighted by Crippen LogP contribution is -2.39. The first-order valence-electron chi connectivity index (χ1n) is 7.33. The van der Waals surface area contributed by atoms with Gasteiger partial charge in [0.15, 0.2) is 0 Å². The van der Waals surface area contributed by atoms with Crippen molar-refractivity contribution in [3.05, 3.63) is 0 Å². The summed E-state index contributed by atoms with van der Waals surface area (Å²) in [5.41, 5.74) is 6.47. The van der Waals surface area contributed by atoms with Crippen LogP contribution in [0.15, 0.2) is 0 Å². The Balaban J connectivity index is 3.63. The summed E-state index contributed by atoms with van der Waals surface area (Å²) in [7, 11) is 0. The molecule has 0 amide bonds. The molecule has 1 atom stereocenters. The monoisotopic (exact) mass is 242 g/mol. The van der Waals surface area contributed by atoms with Gasteiger partial charge in [0, 0.05) is 19.1 Å². The van der Waals surface area contributed by atoms with Crippen molar-refractivity contribution in [1.82, 2.24) is 5.32 Å². The second-order valence-electron chi connectivity index (χ2n) is 6.64. The summed E-state index contributed by atoms with van der Waals surface area (Å²) in [6.45, 7) is 13.5. The molecule has 0 rings (SSSR count). The molecule has 0 aromatic rings. The van der Waals surface area contributed by atoms with Gasteiger partial charge in [0.1, 0.15) is 0 Å². The summed E-state index contributed by atoms with van der Waals surface area (Å²) in [5, 5.41) is 3.53. The third kappa shape index (κ3) is 10.8. The molecule has 0 saturated carbocycles. The molecule has 2 nitrogen and oxygen atoms in total. The lowest BCUT2D eigenvalue weighted by atomic mass is 9.87. The normalized spacial score (nSPS) is 14.3. The predicted molar refractivity (Wildman–Crippen MR) is 78.2 cm³/mol. The highest BCUT2D eigenvalue weighted by atomic mass is 14.9. The van der Waals surface area contributed by atoms with E-state index in [9.17, 15) is 0 Å². The molecule has 17 heavy (non-hydrogen) atoms. The zero-order chi connectivity index (χ0) is 13.3. The van der Waals surface area contributed by atoms with E-state index in [1.807, 2.05) is 0 Å². The number of nitrogens with one attached hydrogen (secondary N) is 1. The van der Waals surface area contributed by atoms with Crippen molar-refractivity contribution in [3.8, 4) is 0 Å². The van der Waals surface area contributed by atoms with Gasteiger partial charge in [-0.25, -0.2) is 0 Å². The smallest absolute Gasteiger partial charge is 0.0167 e. The summed E-state index contributed by atoms with van der Waals surface area (Å²) >= 11 is 0. The first-order chi connectivity index (χ1) is 7.87. The SMILES string of the molecule is CCCCCC(C)(C)CNC[C@H](N)CC(C)C. The quantitative estimate of drug-likeness (QED) is 0.575. The number of hydrogen-bond acceptors (Lipinski definition) is 2. The molecule has 0 aromatic heterocycles. The second-order valence-corrected chi connectivity index (χ2v) is 6.64. The number of rotatable bonds is 10. The van der Waals surface area contributed by atoms with Crippen LogP contribution in [-0.4, -0.2) is 19.1 Å². The molecule has 104 valence electrons. The molecule has 0 radical (unpaired) electrons. The van der Waals surface area contributed by atoms with Gasteiger partial charge < -0.3 is 11.1 Å². The van der Waals surface area contributed by atoms with Crippen LogP contribution in [0, 0.1) is 11.3 Å². The highest BCUT2D eigenvalue weighted by Gasteiger charge is 2.17. The van der Waals surface area contributed by atoms with E-state index in [0.717, 1.165) is 19.5 Å². The third-order valence-electron chi connectivity index (χ3n) is 3.24. The first kappa shape index (κ1) is 16.9. The average molecular weight is 242 g/mol. The first-order valence-corrected chi connectivity index (χ1v) is 7.33. The van der Waals surface area contributed by atoms with Crippen molar-refractivity contribution in [2.24, 2.45) is 17.1 Å². The Bertz CT molecular complexity index is 176. The van der Waals surface area contributed by atoms with Crippen LogP contribution < -0.4 is 11.1 Å². The van der Waals surface area contributed by atoms with E-state index in [0.29, 0.717) is 17.4 Å². The van der Waals surface area contributed by atoms with Gasteiger partial charge in [-0.1, -0.05) is 53.9 Å². The predicted octanol–water partition coefficient (Wildman–Crippen LogP) is 3.56. The molecule has 0 aliphatic carbocycles. The van der Waals surface area contributed by atoms with E-state index in [4.69, 9.17) is 5.73 Å². The Labute approximate surface area is 109 Å². The van der Waals surface area contributed by atoms with Crippen LogP contribution in [0.3, 0.4) is 0 Å². The zero-order valence-corrected chi connectivity index (χ0v) is 12.7. The minimum Gasteiger partial charge on any atom is -0.327 e. The molecule has 3 N–H and O–H groups in total. The Hall–Kier alpha value is -0.0800. The minimum absolute atomic E-state index is 0.307. The summed E-state index contributed by atoms with van der Waals surface area (Å²) in [5.74, 6) is 0.698. The van der Waals surface area contributed by atoms with Gasteiger partial charge >= 0.3 is 0 Å². The maximum atomic E-state index is 6.06. The Morgan fingerprint density at radius 1 is 1.18 bits per heavy atom. The maximum absolute atomic E-state index is 6.06. The van der Waals surface area contributed by atoms with Gasteiger partial charge in [-0.15, -0.1) is 0 Å². The Morgan fingerprint density at radius 3 is 2.35 bits per heavy atom. The van der Waals surface area contributed by atoms with Crippen LogP contribution in [0.2, 0.25) is 0 Å². The number of unbranched alkanes of at least 4 members (excludes halogenated alkanes) is 2. The van der Waals surface area contributed by atoms with Gasteiger partial charge in [-0.2, -0.15) is 0 Å². The summed E-state index contributed by atoms with van der Waals surface area (Å²) in [6.07, 6.45) is 6.44. The average Bonchev–Trinajstić information content (AvgIpc) is 2.16. The van der Waals surface area contributed by atoms with Crippen molar-refractivity contribution < 1.29 is 0 Å². The molecule has 0 aliphatic rings. The lowest BCUT2D eigenvalue weighted by Gasteiger charge is -2.26. The van der Waals surface area contributed by atoms with Crippen LogP contribution in [0.4, 0.5) is 0 Å². The fourth-order valence-corrected chi connectivity index (χ4v) is 2.23. The van der Waals surface area contributed by atoms with Gasteiger partial charge in [-0.05, 0) is 24.2 Å². The van der Waals surface area contributed by atoms with E-state index in [2.05, 4.69) is 39.9 Å². The van der Waals surface area contributed by atoms with Gasteiger partial charge in [0.2, 0.25) is 0 Å². The van der Waals surface area contributed by atoms with E-state index in [1.165, 1.54) is 25.7 Å². The highest BCUT2D eigenvalue weighted by Crippen LogP contribution is 2.22. The number of nitrogens with two attached hydrogens (primary N) is 1. The Morgan fingerprint density at radius 2 is 1.82 bits per heavy atom. The van der Waals surface area contributed by atoms with E-state index in [-0.39, 0.29) is 0 Å². The molecule has 0 fully saturated rings. The minimum atomic E-state index is 0.307. The van der Waals surface area contributed by atoms with Gasteiger partial charge in [0.25, 0.3) is 0 Å². The molecular weight excluding hydrogens is 208 g/mol. The molecule has 0 aliphatic heterocycles. The standard InChI is InChI=1S/C15H34N2/c1-6-7-8-9-15(4,5)12-17-11-14(16)10-13(2)3/h13-14,17H,6-12,16H2,1-5H3/t14-/m1/s1. The third-order valence-corrected chi connectivity index (χ3v) is 3.24. The highest BCUT2D eigenvalue weighted by molar-refractivity contribution is 4.74. The number of hydrogen-bond donors (Lipinski definition) is 2. The molecule has 0 heterocycles. The van der Waals surface area contributed by atoms with Crippen LogP contribution in [0.1, 0.15) is 66.7 Å². The topological polar surface area (TPSA) is 38.0 Å². The molecule has 2 heteroatoms. The molecule has 0 unspecified atom stereocenters. The van der Waals surface area contributed by atoms with Crippen molar-refractivity contribution in [3.63, 3.8) is 0 Å². The molecule has 0 aromatic carbocycles. The van der Waals surface area contributed by atoms with E-state index in [1.54, 1.807) is 0 Å². The van der Waals surface area contributed by atoms with Crippen molar-refractivity contribution >= 4 is 0 Å². The van der Waals surface area contributed by atoms with E-state index < -0.39 is 0 Å². The van der Waals surface area contributed by atoms with Gasteiger partial charge in [0.05, 0.1) is 0 Å². The Kier molecular flexibility index (Phi) is 8.89. The van der Waals surface area contributed by atoms with Crippen LogP contribution >= 0.6 is 0 Å². The molecule has 0 saturated heterocycles. The second kappa shape index (κ2) is 8.93. The fraction of sp³-hybridized carbons (Fsp3) is 1.00. The summed E-state index contributed by atoms with van der Waals surface area (Å²) in [4.78, 5) is 0. The van der Waals surface area contributed by atoms with E-state index >= 15 is 0 Å². The lowest BCUT2D eigenvalue weighted by molar-refractivity contribution is 0.297. The van der Waals surface area contributed by atoms with Crippen molar-refractivity contribution in [2.75, 3.05) is 13.1 Å². The van der Waals surface area contributed by atoms with Crippen molar-refractivity contribution in [2.45, 2.75) is 72.8 Å². The zero-order valence-electron chi connectivity index (χ0n) is 12.7. The van der Waals surface area contributed by atoms with Crippen LogP contribution in [0.5, 0.6) is 0 Å². The molecule has 0 bridgehead atoms. The fourth-order valence-electron chi connectivity index (χ4n) is 2.23. The maximum Gasteiger partial charge on any atom is 0.0167 e.